The number of β-amino-alcohol motifs (C(OH)–C–C–N with tert-alkyl or cyclic N) is 1. The Morgan fingerprint density at radius 3 is 2.68 bits per heavy atom. The fraction of sp³-hybridized carbons (Fsp3) is 0.455. The van der Waals surface area contributed by atoms with Crippen LogP contribution in [0.25, 0.3) is 0 Å². The minimum atomic E-state index is -3.98. The van der Waals surface area contributed by atoms with Crippen molar-refractivity contribution >= 4 is 10.0 Å². The van der Waals surface area contributed by atoms with Gasteiger partial charge in [-0.1, -0.05) is 0 Å². The van der Waals surface area contributed by atoms with E-state index in [1.165, 1.54) is 0 Å². The van der Waals surface area contributed by atoms with E-state index in [1.54, 1.807) is 0 Å². The summed E-state index contributed by atoms with van der Waals surface area (Å²) in [6.45, 7) is 0.854. The van der Waals surface area contributed by atoms with E-state index in [0.717, 1.165) is 12.1 Å². The van der Waals surface area contributed by atoms with Gasteiger partial charge in [-0.15, -0.1) is 0 Å². The summed E-state index contributed by atoms with van der Waals surface area (Å²) >= 11 is 0. The summed E-state index contributed by atoms with van der Waals surface area (Å²) in [6.07, 6.45) is -0.432. The van der Waals surface area contributed by atoms with E-state index in [4.69, 9.17) is 0 Å². The molecule has 3 N–H and O–H groups in total. The first-order chi connectivity index (χ1) is 8.90. The molecule has 0 aliphatic carbocycles. The third kappa shape index (κ3) is 3.27. The third-order valence-electron chi connectivity index (χ3n) is 2.96. The van der Waals surface area contributed by atoms with Gasteiger partial charge >= 0.3 is 0 Å². The van der Waals surface area contributed by atoms with E-state index >= 15 is 0 Å². The largest absolute Gasteiger partial charge is 0.390 e. The molecule has 0 saturated carbocycles. The van der Waals surface area contributed by atoms with E-state index < -0.39 is 33.8 Å². The number of benzene rings is 1. The Hall–Kier alpha value is -1.09. The van der Waals surface area contributed by atoms with E-state index in [0.29, 0.717) is 19.0 Å². The second-order valence-corrected chi connectivity index (χ2v) is 6.08. The highest BCUT2D eigenvalue weighted by Crippen LogP contribution is 2.15. The average Bonchev–Trinajstić information content (AvgIpc) is 2.35. The van der Waals surface area contributed by atoms with Gasteiger partial charge in [-0.2, -0.15) is 0 Å². The summed E-state index contributed by atoms with van der Waals surface area (Å²) in [7, 11) is -3.98. The number of hydrogen-bond donors (Lipinski definition) is 3. The van der Waals surface area contributed by atoms with Gasteiger partial charge in [-0.05, 0) is 31.2 Å². The lowest BCUT2D eigenvalue weighted by atomic mass is 10.1. The molecule has 1 aromatic rings. The minimum Gasteiger partial charge on any atom is -0.390 e. The third-order valence-corrected chi connectivity index (χ3v) is 4.45. The number of rotatable bonds is 3. The summed E-state index contributed by atoms with van der Waals surface area (Å²) in [6, 6.07) is 1.71. The van der Waals surface area contributed by atoms with Crippen molar-refractivity contribution in [2.75, 3.05) is 13.1 Å². The van der Waals surface area contributed by atoms with Gasteiger partial charge in [0.05, 0.1) is 17.0 Å². The Kier molecular flexibility index (Phi) is 4.14. The smallest absolute Gasteiger partial charge is 0.241 e. The maximum atomic E-state index is 13.0. The number of aliphatic hydroxyl groups is 1. The lowest BCUT2D eigenvalue weighted by molar-refractivity contribution is 0.113. The highest BCUT2D eigenvalue weighted by molar-refractivity contribution is 7.89. The molecule has 1 aromatic carbocycles. The van der Waals surface area contributed by atoms with Gasteiger partial charge in [-0.25, -0.2) is 21.9 Å². The normalized spacial score (nSPS) is 24.4. The van der Waals surface area contributed by atoms with Crippen molar-refractivity contribution in [1.29, 1.82) is 0 Å². The zero-order valence-electron chi connectivity index (χ0n) is 9.94. The van der Waals surface area contributed by atoms with Crippen LogP contribution in [0.4, 0.5) is 8.78 Å². The molecule has 8 heteroatoms. The van der Waals surface area contributed by atoms with Crippen molar-refractivity contribution in [3.05, 3.63) is 29.8 Å². The molecule has 0 unspecified atom stereocenters. The lowest BCUT2D eigenvalue weighted by Gasteiger charge is -2.28. The Morgan fingerprint density at radius 1 is 1.32 bits per heavy atom. The first-order valence-corrected chi connectivity index (χ1v) is 7.24. The molecule has 1 aliphatic heterocycles. The molecular weight excluding hydrogens is 278 g/mol. The van der Waals surface area contributed by atoms with Crippen LogP contribution in [0.2, 0.25) is 0 Å². The van der Waals surface area contributed by atoms with Gasteiger partial charge in [0.15, 0.2) is 11.6 Å². The van der Waals surface area contributed by atoms with Gasteiger partial charge in [0.2, 0.25) is 10.0 Å². The standard InChI is InChI=1S/C11H14F2N2O3S/c12-8-2-1-7(5-9(8)13)19(17,18)15-10-3-4-14-6-11(10)16/h1-2,5,10-11,14-16H,3-4,6H2/t10-,11-/m1/s1. The van der Waals surface area contributed by atoms with Crippen LogP contribution in [0.5, 0.6) is 0 Å². The van der Waals surface area contributed by atoms with Crippen molar-refractivity contribution in [3.63, 3.8) is 0 Å². The van der Waals surface area contributed by atoms with Crippen molar-refractivity contribution in [2.24, 2.45) is 0 Å². The molecule has 1 saturated heterocycles. The maximum Gasteiger partial charge on any atom is 0.241 e. The Morgan fingerprint density at radius 2 is 2.05 bits per heavy atom. The summed E-state index contributed by atoms with van der Waals surface area (Å²) in [5, 5.41) is 12.6. The van der Waals surface area contributed by atoms with Gasteiger partial charge in [-0.3, -0.25) is 0 Å². The molecule has 1 fully saturated rings. The Labute approximate surface area is 109 Å². The molecule has 106 valence electrons. The average molecular weight is 292 g/mol. The summed E-state index contributed by atoms with van der Waals surface area (Å²) < 4.78 is 52.1. The van der Waals surface area contributed by atoms with Crippen molar-refractivity contribution < 1.29 is 22.3 Å². The highest BCUT2D eigenvalue weighted by Gasteiger charge is 2.28. The van der Waals surface area contributed by atoms with Crippen LogP contribution in [0.3, 0.4) is 0 Å². The molecule has 0 radical (unpaired) electrons. The van der Waals surface area contributed by atoms with Crippen molar-refractivity contribution in [1.82, 2.24) is 10.0 Å². The molecule has 19 heavy (non-hydrogen) atoms. The summed E-state index contributed by atoms with van der Waals surface area (Å²) in [5.41, 5.74) is 0. The first-order valence-electron chi connectivity index (χ1n) is 5.76. The monoisotopic (exact) mass is 292 g/mol. The second kappa shape index (κ2) is 5.49. The maximum absolute atomic E-state index is 13.0. The molecule has 2 rings (SSSR count). The fourth-order valence-corrected chi connectivity index (χ4v) is 3.21. The molecule has 0 amide bonds. The summed E-state index contributed by atoms with van der Waals surface area (Å²) in [5.74, 6) is -2.34. The molecule has 1 aliphatic rings. The topological polar surface area (TPSA) is 78.4 Å². The van der Waals surface area contributed by atoms with Crippen molar-refractivity contribution in [3.8, 4) is 0 Å². The molecule has 1 heterocycles. The predicted molar refractivity (Wildman–Crippen MR) is 64.0 cm³/mol. The van der Waals surface area contributed by atoms with Crippen LogP contribution >= 0.6 is 0 Å². The lowest BCUT2D eigenvalue weighted by Crippen LogP contribution is -2.52. The zero-order chi connectivity index (χ0) is 14.0. The number of aliphatic hydroxyl groups excluding tert-OH is 1. The number of hydrogen-bond acceptors (Lipinski definition) is 4. The van der Waals surface area contributed by atoms with Crippen LogP contribution in [0, 0.1) is 11.6 Å². The molecule has 0 aromatic heterocycles. The molecule has 0 spiro atoms. The fourth-order valence-electron chi connectivity index (χ4n) is 1.89. The van der Waals surface area contributed by atoms with Gasteiger partial charge in [0.1, 0.15) is 0 Å². The second-order valence-electron chi connectivity index (χ2n) is 4.36. The number of sulfonamides is 1. The van der Waals surface area contributed by atoms with Crippen LogP contribution in [0.15, 0.2) is 23.1 Å². The van der Waals surface area contributed by atoms with Gasteiger partial charge < -0.3 is 10.4 Å². The minimum absolute atomic E-state index is 0.283. The predicted octanol–water partition coefficient (Wildman–Crippen LogP) is -0.0341. The Bertz CT molecular complexity index is 565. The van der Waals surface area contributed by atoms with Gasteiger partial charge in [0.25, 0.3) is 0 Å². The van der Waals surface area contributed by atoms with Crippen LogP contribution in [0.1, 0.15) is 6.42 Å². The molecule has 2 atom stereocenters. The molecule has 0 bridgehead atoms. The van der Waals surface area contributed by atoms with E-state index in [1.807, 2.05) is 0 Å². The Balaban J connectivity index is 2.19. The van der Waals surface area contributed by atoms with E-state index in [9.17, 15) is 22.3 Å². The van der Waals surface area contributed by atoms with Crippen LogP contribution in [-0.2, 0) is 10.0 Å². The molecular formula is C11H14F2N2O3S. The SMILES string of the molecule is O=S(=O)(N[C@@H]1CCNC[C@H]1O)c1ccc(F)c(F)c1. The van der Waals surface area contributed by atoms with E-state index in [-0.39, 0.29) is 11.4 Å². The quantitative estimate of drug-likeness (QED) is 0.731. The number of piperidine rings is 1. The summed E-state index contributed by atoms with van der Waals surface area (Å²) in [4.78, 5) is -0.364. The van der Waals surface area contributed by atoms with Gasteiger partial charge in [0, 0.05) is 6.54 Å². The van der Waals surface area contributed by atoms with Crippen molar-refractivity contribution in [2.45, 2.75) is 23.5 Å². The first kappa shape index (κ1) is 14.3. The van der Waals surface area contributed by atoms with Crippen LogP contribution in [-0.4, -0.2) is 38.8 Å². The number of halogens is 2. The molecule has 5 nitrogen and oxygen atoms in total. The zero-order valence-corrected chi connectivity index (χ0v) is 10.8. The highest BCUT2D eigenvalue weighted by atomic mass is 32.2. The number of nitrogens with one attached hydrogen (secondary N) is 2. The van der Waals surface area contributed by atoms with E-state index in [2.05, 4.69) is 10.0 Å². The van der Waals surface area contributed by atoms with Crippen LogP contribution < -0.4 is 10.0 Å².